The smallest absolute Gasteiger partial charge is 0.303 e. The highest BCUT2D eigenvalue weighted by molar-refractivity contribution is 6.29. The van der Waals surface area contributed by atoms with Gasteiger partial charge in [-0.2, -0.15) is 0 Å². The van der Waals surface area contributed by atoms with Gasteiger partial charge in [-0.3, -0.25) is 4.79 Å². The summed E-state index contributed by atoms with van der Waals surface area (Å²) in [5, 5.41) is 0.836. The number of rotatable bonds is 1. The molecule has 2 nitrogen and oxygen atoms in total. The normalized spacial score (nSPS) is 24.1. The van der Waals surface area contributed by atoms with Crippen LogP contribution in [0, 0.1) is 0 Å². The lowest BCUT2D eigenvalue weighted by Crippen LogP contribution is -2.14. The Morgan fingerprint density at radius 3 is 2.73 bits per heavy atom. The molecule has 1 aliphatic carbocycles. The lowest BCUT2D eigenvalue weighted by atomic mass is 10.0. The molecule has 0 aliphatic heterocycles. The minimum atomic E-state index is -0.224. The molecule has 0 fully saturated rings. The predicted octanol–water partition coefficient (Wildman–Crippen LogP) is 3.79. The van der Waals surface area contributed by atoms with Crippen molar-refractivity contribution >= 4 is 17.6 Å². The van der Waals surface area contributed by atoms with E-state index in [-0.39, 0.29) is 12.1 Å². The van der Waals surface area contributed by atoms with Crippen LogP contribution in [0.4, 0.5) is 0 Å². The predicted molar refractivity (Wildman–Crippen MR) is 61.8 cm³/mol. The van der Waals surface area contributed by atoms with Gasteiger partial charge in [-0.1, -0.05) is 30.9 Å². The van der Waals surface area contributed by atoms with Crippen LogP contribution in [-0.4, -0.2) is 12.1 Å². The van der Waals surface area contributed by atoms with Crippen molar-refractivity contribution in [2.45, 2.75) is 58.0 Å². The Morgan fingerprint density at radius 1 is 1.33 bits per heavy atom. The van der Waals surface area contributed by atoms with Gasteiger partial charge in [-0.05, 0) is 31.8 Å². The first kappa shape index (κ1) is 12.6. The molecule has 1 aliphatic rings. The molecule has 1 rings (SSSR count). The van der Waals surface area contributed by atoms with Crippen LogP contribution in [0.2, 0.25) is 0 Å². The molecule has 1 atom stereocenters. The highest BCUT2D eigenvalue weighted by Crippen LogP contribution is 2.20. The van der Waals surface area contributed by atoms with Gasteiger partial charge in [-0.25, -0.2) is 0 Å². The third-order valence-corrected chi connectivity index (χ3v) is 2.90. The van der Waals surface area contributed by atoms with E-state index in [1.54, 1.807) is 0 Å². The number of esters is 1. The van der Waals surface area contributed by atoms with E-state index in [1.165, 1.54) is 26.2 Å². The second-order valence-corrected chi connectivity index (χ2v) is 4.55. The largest absolute Gasteiger partial charge is 0.458 e. The van der Waals surface area contributed by atoms with Crippen LogP contribution in [0.5, 0.6) is 0 Å². The first-order chi connectivity index (χ1) is 7.18. The van der Waals surface area contributed by atoms with Crippen molar-refractivity contribution in [3.63, 3.8) is 0 Å². The maximum Gasteiger partial charge on any atom is 0.303 e. The zero-order valence-corrected chi connectivity index (χ0v) is 10.1. The Morgan fingerprint density at radius 2 is 2.00 bits per heavy atom. The summed E-state index contributed by atoms with van der Waals surface area (Å²) in [7, 11) is 0. The fourth-order valence-corrected chi connectivity index (χ4v) is 2.12. The van der Waals surface area contributed by atoms with Crippen molar-refractivity contribution in [2.75, 3.05) is 0 Å². The molecular formula is C12H19ClO2. The maximum atomic E-state index is 10.9. The fourth-order valence-electron chi connectivity index (χ4n) is 1.84. The van der Waals surface area contributed by atoms with Gasteiger partial charge in [0.2, 0.25) is 0 Å². The Hall–Kier alpha value is -0.500. The van der Waals surface area contributed by atoms with Crippen LogP contribution in [0.25, 0.3) is 0 Å². The zero-order chi connectivity index (χ0) is 11.1. The number of hydrogen-bond acceptors (Lipinski definition) is 2. The molecule has 0 spiro atoms. The molecule has 0 saturated carbocycles. The number of halogens is 1. The van der Waals surface area contributed by atoms with Crippen molar-refractivity contribution in [2.24, 2.45) is 0 Å². The van der Waals surface area contributed by atoms with E-state index < -0.39 is 0 Å². The minimum absolute atomic E-state index is 0.118. The second-order valence-electron chi connectivity index (χ2n) is 4.07. The molecule has 0 saturated heterocycles. The van der Waals surface area contributed by atoms with Gasteiger partial charge in [-0.15, -0.1) is 0 Å². The Kier molecular flexibility index (Phi) is 5.77. The number of carbonyl (C=O) groups is 1. The standard InChI is InChI=1S/C12H19ClO2/c1-10(14)15-12-8-6-4-2-3-5-7-11(13)9-12/h9,12H,2-8H2,1H3. The van der Waals surface area contributed by atoms with Gasteiger partial charge in [0.1, 0.15) is 6.10 Å². The molecule has 15 heavy (non-hydrogen) atoms. The van der Waals surface area contributed by atoms with Crippen LogP contribution < -0.4 is 0 Å². The van der Waals surface area contributed by atoms with Crippen molar-refractivity contribution in [1.29, 1.82) is 0 Å². The van der Waals surface area contributed by atoms with E-state index in [1.807, 2.05) is 6.08 Å². The molecule has 0 amide bonds. The van der Waals surface area contributed by atoms with Gasteiger partial charge in [0.05, 0.1) is 0 Å². The molecule has 0 aromatic rings. The quantitative estimate of drug-likeness (QED) is 0.641. The molecule has 0 bridgehead atoms. The molecule has 0 radical (unpaired) electrons. The first-order valence-corrected chi connectivity index (χ1v) is 6.09. The fraction of sp³-hybridized carbons (Fsp3) is 0.750. The summed E-state index contributed by atoms with van der Waals surface area (Å²) >= 11 is 6.07. The average Bonchev–Trinajstić information content (AvgIpc) is 2.15. The van der Waals surface area contributed by atoms with Crippen LogP contribution in [-0.2, 0) is 9.53 Å². The number of ether oxygens (including phenoxy) is 1. The molecule has 0 aromatic heterocycles. The third-order valence-electron chi connectivity index (χ3n) is 2.59. The monoisotopic (exact) mass is 230 g/mol. The van der Waals surface area contributed by atoms with Gasteiger partial charge in [0, 0.05) is 12.0 Å². The molecule has 0 heterocycles. The van der Waals surface area contributed by atoms with Crippen molar-refractivity contribution < 1.29 is 9.53 Å². The minimum Gasteiger partial charge on any atom is -0.458 e. The van der Waals surface area contributed by atoms with E-state index in [9.17, 15) is 4.79 Å². The Bertz CT molecular complexity index is 236. The molecule has 0 aromatic carbocycles. The number of hydrogen-bond donors (Lipinski definition) is 0. The molecule has 3 heteroatoms. The first-order valence-electron chi connectivity index (χ1n) is 5.72. The topological polar surface area (TPSA) is 26.3 Å². The molecular weight excluding hydrogens is 212 g/mol. The van der Waals surface area contributed by atoms with Crippen LogP contribution in [0.3, 0.4) is 0 Å². The second kappa shape index (κ2) is 6.89. The van der Waals surface area contributed by atoms with Crippen LogP contribution in [0.1, 0.15) is 51.9 Å². The summed E-state index contributed by atoms with van der Waals surface area (Å²) in [5.41, 5.74) is 0. The maximum absolute atomic E-state index is 10.9. The van der Waals surface area contributed by atoms with Crippen molar-refractivity contribution in [3.05, 3.63) is 11.1 Å². The van der Waals surface area contributed by atoms with E-state index >= 15 is 0 Å². The van der Waals surface area contributed by atoms with Crippen LogP contribution >= 0.6 is 11.6 Å². The molecule has 86 valence electrons. The van der Waals surface area contributed by atoms with E-state index in [4.69, 9.17) is 16.3 Å². The number of carbonyl (C=O) groups excluding carboxylic acids is 1. The zero-order valence-electron chi connectivity index (χ0n) is 9.30. The Labute approximate surface area is 96.6 Å². The van der Waals surface area contributed by atoms with Gasteiger partial charge >= 0.3 is 5.97 Å². The van der Waals surface area contributed by atoms with E-state index in [2.05, 4.69) is 0 Å². The lowest BCUT2D eigenvalue weighted by molar-refractivity contribution is -0.144. The molecule has 1 unspecified atom stereocenters. The van der Waals surface area contributed by atoms with Gasteiger partial charge in [0.25, 0.3) is 0 Å². The van der Waals surface area contributed by atoms with Crippen LogP contribution in [0.15, 0.2) is 11.1 Å². The Balaban J connectivity index is 2.54. The van der Waals surface area contributed by atoms with Crippen molar-refractivity contribution in [1.82, 2.24) is 0 Å². The summed E-state index contributed by atoms with van der Waals surface area (Å²) in [6.07, 6.45) is 9.58. The van der Waals surface area contributed by atoms with Crippen molar-refractivity contribution in [3.8, 4) is 0 Å². The summed E-state index contributed by atoms with van der Waals surface area (Å²) in [6.45, 7) is 1.45. The van der Waals surface area contributed by atoms with Gasteiger partial charge < -0.3 is 4.74 Å². The van der Waals surface area contributed by atoms with Gasteiger partial charge in [0.15, 0.2) is 0 Å². The molecule has 0 N–H and O–H groups in total. The SMILES string of the molecule is CC(=O)OC1C=C(Cl)CCCCCCC1. The summed E-state index contributed by atoms with van der Waals surface area (Å²) in [4.78, 5) is 10.9. The average molecular weight is 231 g/mol. The highest BCUT2D eigenvalue weighted by atomic mass is 35.5. The summed E-state index contributed by atoms with van der Waals surface area (Å²) in [6, 6.07) is 0. The number of allylic oxidation sites excluding steroid dienone is 1. The highest BCUT2D eigenvalue weighted by Gasteiger charge is 2.11. The summed E-state index contributed by atoms with van der Waals surface area (Å²) in [5.74, 6) is -0.224. The lowest BCUT2D eigenvalue weighted by Gasteiger charge is -2.15. The van der Waals surface area contributed by atoms with E-state index in [0.717, 1.165) is 30.7 Å². The third kappa shape index (κ3) is 5.83. The summed E-state index contributed by atoms with van der Waals surface area (Å²) < 4.78 is 5.19. The van der Waals surface area contributed by atoms with E-state index in [0.29, 0.717) is 0 Å².